The molecule has 0 atom stereocenters. The first-order valence-electron chi connectivity index (χ1n) is 2.00. The Hall–Kier alpha value is 0.597. The van der Waals surface area contributed by atoms with Crippen molar-refractivity contribution >= 4 is 0 Å². The number of rotatable bonds is 0. The molecule has 0 saturated carbocycles. The zero-order valence-corrected chi connectivity index (χ0v) is 6.00. The van der Waals surface area contributed by atoms with Gasteiger partial charge in [0, 0.05) is 0 Å². The third-order valence-electron chi connectivity index (χ3n) is 0. The van der Waals surface area contributed by atoms with Crippen LogP contribution in [0.4, 0.5) is 0 Å². The monoisotopic (exact) mass is 98.2 g/mol. The van der Waals surface area contributed by atoms with E-state index in [1.165, 1.54) is 0 Å². The number of hydrogen-bond acceptors (Lipinski definition) is 0. The standard InChI is InChI=1S/2C2H6.CH4.CH3.Li/c2*1-2;;;/h2*1-2H3;1H4;1H3;/q;;;-1;+1. The molecule has 0 radical (unpaired) electrons. The Morgan fingerprint density at radius 2 is 0.714 bits per heavy atom. The molecular weight excluding hydrogens is 79.0 g/mol. The van der Waals surface area contributed by atoms with Crippen LogP contribution in [0.15, 0.2) is 0 Å². The van der Waals surface area contributed by atoms with Gasteiger partial charge in [-0.3, -0.25) is 0 Å². The van der Waals surface area contributed by atoms with Crippen LogP contribution in [-0.2, 0) is 0 Å². The van der Waals surface area contributed by atoms with Crippen molar-refractivity contribution in [2.45, 2.75) is 35.1 Å². The van der Waals surface area contributed by atoms with Crippen LogP contribution in [0.1, 0.15) is 35.1 Å². The van der Waals surface area contributed by atoms with E-state index < -0.39 is 0 Å². The van der Waals surface area contributed by atoms with Crippen molar-refractivity contribution in [2.24, 2.45) is 0 Å². The SMILES string of the molecule is C.CC.CC.[CH3-].[Li+]. The first-order chi connectivity index (χ1) is 2.00. The van der Waals surface area contributed by atoms with Crippen LogP contribution in [0.5, 0.6) is 0 Å². The quantitative estimate of drug-likeness (QED) is 0.299. The van der Waals surface area contributed by atoms with Gasteiger partial charge in [-0.1, -0.05) is 35.1 Å². The fourth-order valence-corrected chi connectivity index (χ4v) is 0. The molecule has 7 heavy (non-hydrogen) atoms. The molecule has 0 heterocycles. The maximum atomic E-state index is 2.00. The van der Waals surface area contributed by atoms with Gasteiger partial charge in [-0.25, -0.2) is 0 Å². The summed E-state index contributed by atoms with van der Waals surface area (Å²) in [6.45, 7) is 8.00. The van der Waals surface area contributed by atoms with Crippen molar-refractivity contribution in [1.29, 1.82) is 0 Å². The molecule has 0 aliphatic carbocycles. The van der Waals surface area contributed by atoms with Gasteiger partial charge in [0.2, 0.25) is 0 Å². The van der Waals surface area contributed by atoms with E-state index in [2.05, 4.69) is 0 Å². The summed E-state index contributed by atoms with van der Waals surface area (Å²) in [6.07, 6.45) is 0. The van der Waals surface area contributed by atoms with E-state index in [0.29, 0.717) is 0 Å². The van der Waals surface area contributed by atoms with Crippen LogP contribution in [0.2, 0.25) is 0 Å². The molecule has 0 saturated heterocycles. The summed E-state index contributed by atoms with van der Waals surface area (Å²) >= 11 is 0. The van der Waals surface area contributed by atoms with Gasteiger partial charge in [-0.15, -0.1) is 0 Å². The van der Waals surface area contributed by atoms with Crippen LogP contribution in [-0.4, -0.2) is 0 Å². The Bertz CT molecular complexity index is 4.14. The summed E-state index contributed by atoms with van der Waals surface area (Å²) in [5.74, 6) is 0. The molecule has 0 aromatic carbocycles. The van der Waals surface area contributed by atoms with E-state index in [4.69, 9.17) is 0 Å². The summed E-state index contributed by atoms with van der Waals surface area (Å²) < 4.78 is 0. The minimum atomic E-state index is 0. The van der Waals surface area contributed by atoms with E-state index in [1.54, 1.807) is 0 Å². The predicted molar refractivity (Wildman–Crippen MR) is 35.8 cm³/mol. The number of hydrogen-bond donors (Lipinski definition) is 0. The smallest absolute Gasteiger partial charge is 0.358 e. The molecule has 0 aliphatic rings. The molecule has 0 N–H and O–H groups in total. The first-order valence-corrected chi connectivity index (χ1v) is 2.00. The average Bonchev–Trinajstić information content (AvgIpc) is 1.50. The summed E-state index contributed by atoms with van der Waals surface area (Å²) in [5.41, 5.74) is 0. The summed E-state index contributed by atoms with van der Waals surface area (Å²) in [7, 11) is 0. The first kappa shape index (κ1) is 49.0. The molecular formula is C6H19Li. The summed E-state index contributed by atoms with van der Waals surface area (Å²) in [4.78, 5) is 0. The molecule has 44 valence electrons. The summed E-state index contributed by atoms with van der Waals surface area (Å²) in [5, 5.41) is 0. The molecule has 0 unspecified atom stereocenters. The van der Waals surface area contributed by atoms with Crippen molar-refractivity contribution in [3.05, 3.63) is 7.43 Å². The van der Waals surface area contributed by atoms with Crippen LogP contribution >= 0.6 is 0 Å². The van der Waals surface area contributed by atoms with Gasteiger partial charge >= 0.3 is 18.9 Å². The molecule has 0 bridgehead atoms. The Labute approximate surface area is 61.9 Å². The molecule has 0 fully saturated rings. The van der Waals surface area contributed by atoms with Gasteiger partial charge in [-0.2, -0.15) is 0 Å². The minimum Gasteiger partial charge on any atom is -0.358 e. The van der Waals surface area contributed by atoms with Gasteiger partial charge in [0.05, 0.1) is 0 Å². The fraction of sp³-hybridized carbons (Fsp3) is 0.833. The second-order valence-corrected chi connectivity index (χ2v) is 0. The normalized spacial score (nSPS) is 1.71. The molecule has 0 rings (SSSR count). The zero-order valence-electron chi connectivity index (χ0n) is 6.00. The molecule has 0 aliphatic heterocycles. The third-order valence-corrected chi connectivity index (χ3v) is 0. The fourth-order valence-electron chi connectivity index (χ4n) is 0. The van der Waals surface area contributed by atoms with Gasteiger partial charge in [-0.05, 0) is 0 Å². The van der Waals surface area contributed by atoms with Crippen molar-refractivity contribution < 1.29 is 18.9 Å². The zero-order chi connectivity index (χ0) is 4.00. The second-order valence-electron chi connectivity index (χ2n) is 0. The van der Waals surface area contributed by atoms with Gasteiger partial charge in [0.15, 0.2) is 0 Å². The van der Waals surface area contributed by atoms with Gasteiger partial charge in [0.1, 0.15) is 0 Å². The molecule has 0 spiro atoms. The minimum absolute atomic E-state index is 0. The molecule has 0 nitrogen and oxygen atoms in total. The molecule has 0 aromatic heterocycles. The largest absolute Gasteiger partial charge is 1.00 e. The van der Waals surface area contributed by atoms with E-state index >= 15 is 0 Å². The Balaban J connectivity index is -0.00000000267. The Kier molecular flexibility index (Phi) is 4060. The van der Waals surface area contributed by atoms with Crippen molar-refractivity contribution in [3.63, 3.8) is 0 Å². The summed E-state index contributed by atoms with van der Waals surface area (Å²) in [6, 6.07) is 0. The van der Waals surface area contributed by atoms with E-state index in [-0.39, 0.29) is 33.7 Å². The van der Waals surface area contributed by atoms with Crippen molar-refractivity contribution in [1.82, 2.24) is 0 Å². The average molecular weight is 98.2 g/mol. The molecule has 1 heteroatoms. The van der Waals surface area contributed by atoms with Crippen molar-refractivity contribution in [3.8, 4) is 0 Å². The molecule has 0 aromatic rings. The molecule has 0 amide bonds. The second kappa shape index (κ2) is 579. The van der Waals surface area contributed by atoms with Crippen LogP contribution < -0.4 is 18.9 Å². The van der Waals surface area contributed by atoms with E-state index in [9.17, 15) is 0 Å². The van der Waals surface area contributed by atoms with Crippen LogP contribution in [0, 0.1) is 7.43 Å². The maximum Gasteiger partial charge on any atom is 1.00 e. The Morgan fingerprint density at radius 3 is 0.714 bits per heavy atom. The predicted octanol–water partition coefficient (Wildman–Crippen LogP) is 0.143. The van der Waals surface area contributed by atoms with Crippen LogP contribution in [0.25, 0.3) is 0 Å². The topological polar surface area (TPSA) is 0 Å². The van der Waals surface area contributed by atoms with E-state index in [0.717, 1.165) is 0 Å². The Morgan fingerprint density at radius 1 is 0.714 bits per heavy atom. The van der Waals surface area contributed by atoms with Crippen LogP contribution in [0.3, 0.4) is 0 Å². The maximum absolute atomic E-state index is 2.00. The van der Waals surface area contributed by atoms with Crippen molar-refractivity contribution in [2.75, 3.05) is 0 Å². The van der Waals surface area contributed by atoms with E-state index in [1.807, 2.05) is 27.7 Å². The van der Waals surface area contributed by atoms with Gasteiger partial charge in [0.25, 0.3) is 0 Å². The van der Waals surface area contributed by atoms with Gasteiger partial charge < -0.3 is 7.43 Å². The third kappa shape index (κ3) is 391.